The van der Waals surface area contributed by atoms with Gasteiger partial charge in [-0.1, -0.05) is 0 Å². The Morgan fingerprint density at radius 2 is 2.38 bits per heavy atom. The van der Waals surface area contributed by atoms with E-state index in [1.54, 1.807) is 18.6 Å². The Kier molecular flexibility index (Phi) is 3.78. The maximum Gasteiger partial charge on any atom is 0.262 e. The smallest absolute Gasteiger partial charge is 0.262 e. The Labute approximate surface area is 123 Å². The Morgan fingerprint density at radius 3 is 3.19 bits per heavy atom. The molecule has 3 aromatic heterocycles. The SMILES string of the molecule is O=C(Cn1cnc2sccc2c1=O)NCCc1cnc[nH]1. The molecular formula is C13H13N5O2S. The second kappa shape index (κ2) is 5.88. The predicted octanol–water partition coefficient (Wildman–Crippen LogP) is 0.540. The summed E-state index contributed by atoms with van der Waals surface area (Å²) in [5.74, 6) is -0.215. The maximum absolute atomic E-state index is 12.1. The fourth-order valence-corrected chi connectivity index (χ4v) is 2.70. The second-order valence-electron chi connectivity index (χ2n) is 4.49. The molecule has 108 valence electrons. The quantitative estimate of drug-likeness (QED) is 0.719. The van der Waals surface area contributed by atoms with E-state index in [9.17, 15) is 9.59 Å². The molecule has 2 N–H and O–H groups in total. The minimum Gasteiger partial charge on any atom is -0.354 e. The van der Waals surface area contributed by atoms with Crippen LogP contribution in [-0.2, 0) is 17.8 Å². The molecule has 21 heavy (non-hydrogen) atoms. The van der Waals surface area contributed by atoms with Crippen molar-refractivity contribution in [1.29, 1.82) is 0 Å². The molecule has 1 amide bonds. The third-order valence-corrected chi connectivity index (χ3v) is 3.86. The lowest BCUT2D eigenvalue weighted by Crippen LogP contribution is -2.33. The first-order chi connectivity index (χ1) is 10.2. The van der Waals surface area contributed by atoms with E-state index in [0.717, 1.165) is 5.69 Å². The number of imidazole rings is 1. The Hall–Kier alpha value is -2.48. The number of hydrogen-bond donors (Lipinski definition) is 2. The number of carbonyl (C=O) groups is 1. The van der Waals surface area contributed by atoms with Gasteiger partial charge in [-0.05, 0) is 11.4 Å². The standard InChI is InChI=1S/C13H13N5O2S/c19-11(15-3-1-9-5-14-7-16-9)6-18-8-17-12-10(13(18)20)2-4-21-12/h2,4-5,7-8H,1,3,6H2,(H,14,16)(H,15,19). The lowest BCUT2D eigenvalue weighted by Gasteiger charge is -2.06. The van der Waals surface area contributed by atoms with Crippen LogP contribution >= 0.6 is 11.3 Å². The van der Waals surface area contributed by atoms with Crippen molar-refractivity contribution in [3.63, 3.8) is 0 Å². The van der Waals surface area contributed by atoms with Crippen molar-refractivity contribution in [3.8, 4) is 0 Å². The first-order valence-electron chi connectivity index (χ1n) is 6.40. The highest BCUT2D eigenvalue weighted by Crippen LogP contribution is 2.12. The van der Waals surface area contributed by atoms with Crippen LogP contribution in [0.15, 0.2) is 35.1 Å². The zero-order valence-corrected chi connectivity index (χ0v) is 11.9. The molecular weight excluding hydrogens is 290 g/mol. The van der Waals surface area contributed by atoms with Crippen molar-refractivity contribution < 1.29 is 4.79 Å². The van der Waals surface area contributed by atoms with Crippen LogP contribution < -0.4 is 10.9 Å². The molecule has 0 aliphatic rings. The number of fused-ring (bicyclic) bond motifs is 1. The fourth-order valence-electron chi connectivity index (χ4n) is 1.97. The van der Waals surface area contributed by atoms with E-state index in [2.05, 4.69) is 20.3 Å². The molecule has 0 unspecified atom stereocenters. The number of nitrogens with one attached hydrogen (secondary N) is 2. The number of amides is 1. The summed E-state index contributed by atoms with van der Waals surface area (Å²) in [5, 5.41) is 5.13. The number of rotatable bonds is 5. The van der Waals surface area contributed by atoms with E-state index >= 15 is 0 Å². The third kappa shape index (κ3) is 3.00. The topological polar surface area (TPSA) is 92.7 Å². The molecule has 0 fully saturated rings. The minimum atomic E-state index is -0.215. The summed E-state index contributed by atoms with van der Waals surface area (Å²) < 4.78 is 1.32. The summed E-state index contributed by atoms with van der Waals surface area (Å²) in [5.41, 5.74) is 0.763. The van der Waals surface area contributed by atoms with Gasteiger partial charge in [-0.3, -0.25) is 14.2 Å². The maximum atomic E-state index is 12.1. The predicted molar refractivity (Wildman–Crippen MR) is 79.2 cm³/mol. The van der Waals surface area contributed by atoms with Crippen LogP contribution in [0.2, 0.25) is 0 Å². The lowest BCUT2D eigenvalue weighted by atomic mass is 10.3. The molecule has 0 bridgehead atoms. The van der Waals surface area contributed by atoms with Crippen LogP contribution in [0.1, 0.15) is 5.69 Å². The fraction of sp³-hybridized carbons (Fsp3) is 0.231. The molecule has 0 radical (unpaired) electrons. The molecule has 0 atom stereocenters. The van der Waals surface area contributed by atoms with Gasteiger partial charge in [0, 0.05) is 24.9 Å². The summed E-state index contributed by atoms with van der Waals surface area (Å²) in [6.07, 6.45) is 5.39. The molecule has 0 spiro atoms. The number of thiophene rings is 1. The van der Waals surface area contributed by atoms with Crippen LogP contribution in [0, 0.1) is 0 Å². The van der Waals surface area contributed by atoms with Crippen LogP contribution in [-0.4, -0.2) is 32.0 Å². The number of nitrogens with zero attached hydrogens (tertiary/aromatic N) is 3. The molecule has 0 aromatic carbocycles. The highest BCUT2D eigenvalue weighted by atomic mass is 32.1. The first-order valence-corrected chi connectivity index (χ1v) is 7.28. The summed E-state index contributed by atoms with van der Waals surface area (Å²) in [7, 11) is 0. The van der Waals surface area contributed by atoms with Crippen molar-refractivity contribution >= 4 is 27.5 Å². The minimum absolute atomic E-state index is 0.0272. The van der Waals surface area contributed by atoms with Crippen LogP contribution in [0.3, 0.4) is 0 Å². The third-order valence-electron chi connectivity index (χ3n) is 3.04. The average Bonchev–Trinajstić information content (AvgIpc) is 3.13. The number of aromatic amines is 1. The van der Waals surface area contributed by atoms with E-state index in [1.807, 2.05) is 5.38 Å². The number of carbonyl (C=O) groups excluding carboxylic acids is 1. The Balaban J connectivity index is 1.60. The van der Waals surface area contributed by atoms with Crippen LogP contribution in [0.25, 0.3) is 10.2 Å². The summed E-state index contributed by atoms with van der Waals surface area (Å²) in [4.78, 5) is 35.7. The summed E-state index contributed by atoms with van der Waals surface area (Å²) >= 11 is 1.41. The van der Waals surface area contributed by atoms with Gasteiger partial charge >= 0.3 is 0 Å². The molecule has 0 aliphatic heterocycles. The van der Waals surface area contributed by atoms with Gasteiger partial charge in [0.2, 0.25) is 5.91 Å². The van der Waals surface area contributed by atoms with Crippen molar-refractivity contribution in [1.82, 2.24) is 24.8 Å². The van der Waals surface area contributed by atoms with E-state index in [4.69, 9.17) is 0 Å². The van der Waals surface area contributed by atoms with Gasteiger partial charge in [0.25, 0.3) is 5.56 Å². The lowest BCUT2D eigenvalue weighted by molar-refractivity contribution is -0.121. The van der Waals surface area contributed by atoms with Gasteiger partial charge in [0.05, 0.1) is 18.0 Å². The largest absolute Gasteiger partial charge is 0.354 e. The molecule has 3 rings (SSSR count). The number of aromatic nitrogens is 4. The summed E-state index contributed by atoms with van der Waals surface area (Å²) in [6.45, 7) is 0.463. The molecule has 7 nitrogen and oxygen atoms in total. The van der Waals surface area contributed by atoms with Crippen molar-refractivity contribution in [2.45, 2.75) is 13.0 Å². The monoisotopic (exact) mass is 303 g/mol. The van der Waals surface area contributed by atoms with E-state index < -0.39 is 0 Å². The van der Waals surface area contributed by atoms with Gasteiger partial charge in [0.1, 0.15) is 11.4 Å². The van der Waals surface area contributed by atoms with Crippen molar-refractivity contribution in [3.05, 3.63) is 46.3 Å². The van der Waals surface area contributed by atoms with Gasteiger partial charge in [-0.25, -0.2) is 9.97 Å². The molecule has 0 saturated heterocycles. The zero-order valence-electron chi connectivity index (χ0n) is 11.1. The zero-order chi connectivity index (χ0) is 14.7. The van der Waals surface area contributed by atoms with Crippen molar-refractivity contribution in [2.75, 3.05) is 6.54 Å². The summed E-state index contributed by atoms with van der Waals surface area (Å²) in [6, 6.07) is 1.72. The van der Waals surface area contributed by atoms with Crippen LogP contribution in [0.4, 0.5) is 0 Å². The molecule has 0 saturated carbocycles. The highest BCUT2D eigenvalue weighted by molar-refractivity contribution is 7.16. The number of H-pyrrole nitrogens is 1. The Bertz CT molecular complexity index is 805. The van der Waals surface area contributed by atoms with Gasteiger partial charge in [0.15, 0.2) is 0 Å². The molecule has 0 aliphatic carbocycles. The first kappa shape index (κ1) is 13.5. The highest BCUT2D eigenvalue weighted by Gasteiger charge is 2.08. The van der Waals surface area contributed by atoms with E-state index in [-0.39, 0.29) is 18.0 Å². The Morgan fingerprint density at radius 1 is 1.48 bits per heavy atom. The molecule has 3 aromatic rings. The molecule has 3 heterocycles. The van der Waals surface area contributed by atoms with Gasteiger partial charge in [-0.15, -0.1) is 11.3 Å². The number of hydrogen-bond acceptors (Lipinski definition) is 5. The van der Waals surface area contributed by atoms with E-state index in [0.29, 0.717) is 23.2 Å². The van der Waals surface area contributed by atoms with Crippen molar-refractivity contribution in [2.24, 2.45) is 0 Å². The normalized spacial score (nSPS) is 10.9. The molecule has 8 heteroatoms. The van der Waals surface area contributed by atoms with Gasteiger partial charge in [-0.2, -0.15) is 0 Å². The van der Waals surface area contributed by atoms with Crippen LogP contribution in [0.5, 0.6) is 0 Å². The second-order valence-corrected chi connectivity index (χ2v) is 5.39. The van der Waals surface area contributed by atoms with Gasteiger partial charge < -0.3 is 10.3 Å². The van der Waals surface area contributed by atoms with E-state index in [1.165, 1.54) is 22.2 Å². The average molecular weight is 303 g/mol.